The summed E-state index contributed by atoms with van der Waals surface area (Å²) in [5.74, 6) is 0.912. The van der Waals surface area contributed by atoms with E-state index in [-0.39, 0.29) is 11.7 Å². The predicted molar refractivity (Wildman–Crippen MR) is 76.7 cm³/mol. The number of carbonyl (C=O) groups excluding carboxylic acids is 1. The summed E-state index contributed by atoms with van der Waals surface area (Å²) in [4.78, 5) is 18.8. The van der Waals surface area contributed by atoms with E-state index in [1.54, 1.807) is 13.0 Å². The van der Waals surface area contributed by atoms with Gasteiger partial charge in [-0.3, -0.25) is 4.79 Å². The van der Waals surface area contributed by atoms with Crippen LogP contribution in [-0.2, 0) is 16.0 Å². The number of hydrogen-bond acceptors (Lipinski definition) is 4. The normalized spacial score (nSPS) is 10.9. The number of imidazole rings is 1. The molecule has 2 N–H and O–H groups in total. The second kappa shape index (κ2) is 6.41. The zero-order chi connectivity index (χ0) is 14.5. The molecule has 0 radical (unpaired) electrons. The van der Waals surface area contributed by atoms with Crippen LogP contribution in [-0.4, -0.2) is 27.7 Å². The van der Waals surface area contributed by atoms with Gasteiger partial charge in [0.15, 0.2) is 0 Å². The van der Waals surface area contributed by atoms with Crippen molar-refractivity contribution < 1.29 is 14.6 Å². The molecule has 0 fully saturated rings. The van der Waals surface area contributed by atoms with Crippen molar-refractivity contribution in [3.8, 4) is 5.75 Å². The number of esters is 1. The molecule has 1 aromatic carbocycles. The molecule has 2 rings (SSSR count). The third-order valence-corrected chi connectivity index (χ3v) is 3.22. The quantitative estimate of drug-likeness (QED) is 0.628. The molecule has 5 heteroatoms. The largest absolute Gasteiger partial charge is 0.506 e. The number of aromatic nitrogens is 2. The molecule has 0 unspecified atom stereocenters. The molecule has 0 saturated heterocycles. The number of fused-ring (bicyclic) bond motifs is 1. The highest BCUT2D eigenvalue weighted by Crippen LogP contribution is 2.25. The van der Waals surface area contributed by atoms with Crippen molar-refractivity contribution in [1.82, 2.24) is 9.97 Å². The van der Waals surface area contributed by atoms with E-state index in [1.165, 1.54) is 0 Å². The van der Waals surface area contributed by atoms with Crippen LogP contribution in [0.4, 0.5) is 0 Å². The number of phenolic OH excluding ortho intramolecular Hbond substituents is 1. The second-order valence-electron chi connectivity index (χ2n) is 4.82. The zero-order valence-electron chi connectivity index (χ0n) is 11.9. The Labute approximate surface area is 118 Å². The van der Waals surface area contributed by atoms with Crippen LogP contribution < -0.4 is 0 Å². The molecule has 1 heterocycles. The van der Waals surface area contributed by atoms with Crippen LogP contribution in [0, 0.1) is 6.92 Å². The molecule has 0 saturated carbocycles. The summed E-state index contributed by atoms with van der Waals surface area (Å²) in [6.45, 7) is 4.20. The number of aromatic hydroxyl groups is 1. The summed E-state index contributed by atoms with van der Waals surface area (Å²) < 4.78 is 4.88. The molecule has 0 atom stereocenters. The standard InChI is InChI=1S/C15H20N2O3/c1-3-20-13(19)7-5-4-6-12-16-14-10(2)8-9-11(18)15(14)17-12/h8-9,18H,3-7H2,1-2H3,(H,16,17). The first-order valence-electron chi connectivity index (χ1n) is 6.94. The van der Waals surface area contributed by atoms with Crippen LogP contribution >= 0.6 is 0 Å². The molecule has 108 valence electrons. The first-order valence-corrected chi connectivity index (χ1v) is 6.94. The lowest BCUT2D eigenvalue weighted by Crippen LogP contribution is -2.03. The number of benzene rings is 1. The van der Waals surface area contributed by atoms with Gasteiger partial charge in [0, 0.05) is 12.8 Å². The van der Waals surface area contributed by atoms with E-state index >= 15 is 0 Å². The van der Waals surface area contributed by atoms with Crippen LogP contribution in [0.5, 0.6) is 5.75 Å². The van der Waals surface area contributed by atoms with Crippen molar-refractivity contribution >= 4 is 17.0 Å². The third-order valence-electron chi connectivity index (χ3n) is 3.22. The number of ether oxygens (including phenoxy) is 1. The van der Waals surface area contributed by atoms with Gasteiger partial charge in [-0.05, 0) is 38.3 Å². The minimum absolute atomic E-state index is 0.148. The van der Waals surface area contributed by atoms with Gasteiger partial charge in [0.1, 0.15) is 17.1 Å². The number of aryl methyl sites for hydroxylation is 2. The Kier molecular flexibility index (Phi) is 4.61. The minimum atomic E-state index is -0.148. The molecule has 0 spiro atoms. The van der Waals surface area contributed by atoms with E-state index in [4.69, 9.17) is 4.74 Å². The second-order valence-corrected chi connectivity index (χ2v) is 4.82. The number of unbranched alkanes of at least 4 members (excludes halogenated alkanes) is 1. The fourth-order valence-electron chi connectivity index (χ4n) is 2.17. The first-order chi connectivity index (χ1) is 9.61. The van der Waals surface area contributed by atoms with Gasteiger partial charge in [0.05, 0.1) is 12.1 Å². The van der Waals surface area contributed by atoms with E-state index < -0.39 is 0 Å². The number of aromatic amines is 1. The van der Waals surface area contributed by atoms with Crippen molar-refractivity contribution in [2.45, 2.75) is 39.5 Å². The first kappa shape index (κ1) is 14.4. The summed E-state index contributed by atoms with van der Waals surface area (Å²) >= 11 is 0. The molecule has 0 aliphatic carbocycles. The molecular weight excluding hydrogens is 256 g/mol. The van der Waals surface area contributed by atoms with E-state index in [9.17, 15) is 9.90 Å². The third kappa shape index (κ3) is 3.29. The summed E-state index contributed by atoms with van der Waals surface area (Å²) in [5.41, 5.74) is 2.53. The highest BCUT2D eigenvalue weighted by Gasteiger charge is 2.09. The maximum absolute atomic E-state index is 11.2. The fourth-order valence-corrected chi connectivity index (χ4v) is 2.17. The summed E-state index contributed by atoms with van der Waals surface area (Å²) in [7, 11) is 0. The van der Waals surface area contributed by atoms with Crippen molar-refractivity contribution in [1.29, 1.82) is 0 Å². The van der Waals surface area contributed by atoms with E-state index in [0.717, 1.165) is 36.2 Å². The lowest BCUT2D eigenvalue weighted by molar-refractivity contribution is -0.143. The van der Waals surface area contributed by atoms with Crippen LogP contribution in [0.15, 0.2) is 12.1 Å². The van der Waals surface area contributed by atoms with Gasteiger partial charge >= 0.3 is 5.97 Å². The number of H-pyrrole nitrogens is 1. The zero-order valence-corrected chi connectivity index (χ0v) is 11.9. The molecule has 0 aliphatic rings. The van der Waals surface area contributed by atoms with Gasteiger partial charge in [-0.15, -0.1) is 0 Å². The lowest BCUT2D eigenvalue weighted by atomic mass is 10.2. The van der Waals surface area contributed by atoms with Crippen molar-refractivity contribution in [3.63, 3.8) is 0 Å². The van der Waals surface area contributed by atoms with Crippen molar-refractivity contribution in [2.24, 2.45) is 0 Å². The van der Waals surface area contributed by atoms with Gasteiger partial charge in [0.25, 0.3) is 0 Å². The van der Waals surface area contributed by atoms with E-state index in [1.807, 2.05) is 13.0 Å². The van der Waals surface area contributed by atoms with Gasteiger partial charge in [0.2, 0.25) is 0 Å². The lowest BCUT2D eigenvalue weighted by Gasteiger charge is -2.00. The van der Waals surface area contributed by atoms with Crippen molar-refractivity contribution in [2.75, 3.05) is 6.61 Å². The highest BCUT2D eigenvalue weighted by atomic mass is 16.5. The SMILES string of the molecule is CCOC(=O)CCCCc1nc2c(C)ccc(O)c2[nH]1. The Morgan fingerprint density at radius 3 is 2.90 bits per heavy atom. The molecule has 0 aliphatic heterocycles. The summed E-state index contributed by atoms with van der Waals surface area (Å²) in [5, 5.41) is 9.78. The number of carbonyl (C=O) groups is 1. The van der Waals surface area contributed by atoms with Crippen LogP contribution in [0.2, 0.25) is 0 Å². The van der Waals surface area contributed by atoms with Gasteiger partial charge in [-0.25, -0.2) is 4.98 Å². The van der Waals surface area contributed by atoms with Gasteiger partial charge in [-0.2, -0.15) is 0 Å². The summed E-state index contributed by atoms with van der Waals surface area (Å²) in [6.07, 6.45) is 2.84. The fraction of sp³-hybridized carbons (Fsp3) is 0.467. The number of rotatable bonds is 6. The average molecular weight is 276 g/mol. The van der Waals surface area contributed by atoms with Gasteiger partial charge in [-0.1, -0.05) is 6.07 Å². The van der Waals surface area contributed by atoms with Crippen LogP contribution in [0.1, 0.15) is 37.6 Å². The van der Waals surface area contributed by atoms with Gasteiger partial charge < -0.3 is 14.8 Å². The number of hydrogen-bond donors (Lipinski definition) is 2. The van der Waals surface area contributed by atoms with Crippen molar-refractivity contribution in [3.05, 3.63) is 23.5 Å². The van der Waals surface area contributed by atoms with Crippen LogP contribution in [0.25, 0.3) is 11.0 Å². The molecule has 5 nitrogen and oxygen atoms in total. The Bertz CT molecular complexity index is 565. The molecular formula is C15H20N2O3. The predicted octanol–water partition coefficient (Wildman–Crippen LogP) is 2.85. The maximum Gasteiger partial charge on any atom is 0.305 e. The topological polar surface area (TPSA) is 75.2 Å². The highest BCUT2D eigenvalue weighted by molar-refractivity contribution is 5.84. The Morgan fingerprint density at radius 2 is 2.20 bits per heavy atom. The molecule has 2 aromatic rings. The number of nitrogens with one attached hydrogen (secondary N) is 1. The molecule has 0 amide bonds. The van der Waals surface area contributed by atoms with E-state index in [0.29, 0.717) is 18.5 Å². The maximum atomic E-state index is 11.2. The summed E-state index contributed by atoms with van der Waals surface area (Å²) in [6, 6.07) is 3.52. The average Bonchev–Trinajstić information content (AvgIpc) is 2.85. The minimum Gasteiger partial charge on any atom is -0.506 e. The monoisotopic (exact) mass is 276 g/mol. The smallest absolute Gasteiger partial charge is 0.305 e. The molecule has 0 bridgehead atoms. The molecule has 1 aromatic heterocycles. The van der Waals surface area contributed by atoms with E-state index in [2.05, 4.69) is 9.97 Å². The number of nitrogens with zero attached hydrogens (tertiary/aromatic N) is 1. The van der Waals surface area contributed by atoms with Crippen LogP contribution in [0.3, 0.4) is 0 Å². The Morgan fingerprint density at radius 1 is 1.40 bits per heavy atom. The Balaban J connectivity index is 1.92. The molecule has 20 heavy (non-hydrogen) atoms. The number of phenols is 1. The Hall–Kier alpha value is -2.04.